The summed E-state index contributed by atoms with van der Waals surface area (Å²) in [4.78, 5) is 30.7. The fourth-order valence-electron chi connectivity index (χ4n) is 3.01. The average Bonchev–Trinajstić information content (AvgIpc) is 2.93. The van der Waals surface area contributed by atoms with Gasteiger partial charge in [-0.3, -0.25) is 14.3 Å². The number of fused-ring (bicyclic) bond motifs is 1. The van der Waals surface area contributed by atoms with Gasteiger partial charge in [-0.25, -0.2) is 4.98 Å². The topological polar surface area (TPSA) is 92.7 Å². The highest BCUT2D eigenvalue weighted by atomic mass is 16.1. The number of aryl methyl sites for hydroxylation is 3. The highest BCUT2D eigenvalue weighted by Crippen LogP contribution is 2.17. The summed E-state index contributed by atoms with van der Waals surface area (Å²) in [6.45, 7) is 6.67. The molecule has 3 rings (SSSR count). The van der Waals surface area contributed by atoms with Crippen LogP contribution >= 0.6 is 0 Å². The van der Waals surface area contributed by atoms with E-state index >= 15 is 0 Å². The van der Waals surface area contributed by atoms with Crippen LogP contribution in [0.5, 0.6) is 0 Å². The summed E-state index contributed by atoms with van der Waals surface area (Å²) in [7, 11) is 0. The number of rotatable bonds is 6. The highest BCUT2D eigenvalue weighted by Gasteiger charge is 2.11. The number of H-pyrrole nitrogens is 1. The number of carbonyl (C=O) groups is 1. The van der Waals surface area contributed by atoms with E-state index in [4.69, 9.17) is 0 Å². The minimum absolute atomic E-state index is 0.112. The van der Waals surface area contributed by atoms with Gasteiger partial charge in [-0.1, -0.05) is 18.2 Å². The Bertz CT molecular complexity index is 1000. The predicted molar refractivity (Wildman–Crippen MR) is 100 cm³/mol. The van der Waals surface area contributed by atoms with Gasteiger partial charge in [0.2, 0.25) is 5.91 Å². The van der Waals surface area contributed by atoms with Gasteiger partial charge in [0.1, 0.15) is 5.82 Å². The summed E-state index contributed by atoms with van der Waals surface area (Å²) in [5, 5.41) is 8.61. The van der Waals surface area contributed by atoms with Crippen LogP contribution in [0.2, 0.25) is 0 Å². The Morgan fingerprint density at radius 3 is 2.81 bits per heavy atom. The second-order valence-corrected chi connectivity index (χ2v) is 6.43. The number of aromatic nitrogens is 4. The van der Waals surface area contributed by atoms with Gasteiger partial charge in [0.15, 0.2) is 0 Å². The predicted octanol–water partition coefficient (Wildman–Crippen LogP) is 1.79. The average molecular weight is 353 g/mol. The fourth-order valence-corrected chi connectivity index (χ4v) is 3.01. The van der Waals surface area contributed by atoms with Crippen molar-refractivity contribution in [2.45, 2.75) is 40.2 Å². The molecule has 2 N–H and O–H groups in total. The zero-order valence-corrected chi connectivity index (χ0v) is 15.3. The number of benzene rings is 1. The lowest BCUT2D eigenvalue weighted by molar-refractivity contribution is -0.120. The van der Waals surface area contributed by atoms with E-state index in [1.807, 2.05) is 23.7 Å². The van der Waals surface area contributed by atoms with Crippen LogP contribution in [-0.2, 0) is 17.8 Å². The van der Waals surface area contributed by atoms with Crippen molar-refractivity contribution in [3.05, 3.63) is 57.4 Å². The molecule has 7 nitrogen and oxygen atoms in total. The molecule has 0 spiro atoms. The normalized spacial score (nSPS) is 11.0. The summed E-state index contributed by atoms with van der Waals surface area (Å²) in [5.74, 6) is 0.386. The van der Waals surface area contributed by atoms with Crippen LogP contribution in [0.15, 0.2) is 29.1 Å². The molecule has 3 aromatic rings. The second kappa shape index (κ2) is 7.51. The Labute approximate surface area is 151 Å². The first kappa shape index (κ1) is 17.8. The van der Waals surface area contributed by atoms with E-state index in [0.717, 1.165) is 29.6 Å². The van der Waals surface area contributed by atoms with E-state index in [9.17, 15) is 9.59 Å². The Balaban J connectivity index is 1.54. The van der Waals surface area contributed by atoms with E-state index in [1.54, 1.807) is 13.8 Å². The van der Waals surface area contributed by atoms with Gasteiger partial charge in [0.25, 0.3) is 5.56 Å². The van der Waals surface area contributed by atoms with Crippen LogP contribution in [0.1, 0.15) is 29.2 Å². The number of amides is 1. The molecule has 0 saturated carbocycles. The summed E-state index contributed by atoms with van der Waals surface area (Å²) < 4.78 is 1.97. The minimum Gasteiger partial charge on any atom is -0.356 e. The molecule has 1 amide bonds. The Kier molecular flexibility index (Phi) is 5.16. The molecule has 2 heterocycles. The van der Waals surface area contributed by atoms with Crippen LogP contribution in [0.25, 0.3) is 10.9 Å². The zero-order valence-electron chi connectivity index (χ0n) is 15.3. The number of aromatic amines is 1. The van der Waals surface area contributed by atoms with E-state index in [-0.39, 0.29) is 17.9 Å². The van der Waals surface area contributed by atoms with E-state index in [2.05, 4.69) is 32.5 Å². The molecule has 7 heteroatoms. The lowest BCUT2D eigenvalue weighted by atomic mass is 10.2. The molecular weight excluding hydrogens is 330 g/mol. The number of carbonyl (C=O) groups excluding carboxylic acids is 1. The zero-order chi connectivity index (χ0) is 18.7. The summed E-state index contributed by atoms with van der Waals surface area (Å²) in [6, 6.07) is 8.13. The Morgan fingerprint density at radius 1 is 1.23 bits per heavy atom. The summed E-state index contributed by atoms with van der Waals surface area (Å²) in [5.41, 5.74) is 2.94. The molecule has 0 unspecified atom stereocenters. The molecule has 0 saturated heterocycles. The second-order valence-electron chi connectivity index (χ2n) is 6.43. The van der Waals surface area contributed by atoms with Crippen molar-refractivity contribution in [1.29, 1.82) is 0 Å². The number of hydrogen-bond acceptors (Lipinski definition) is 4. The van der Waals surface area contributed by atoms with E-state index < -0.39 is 0 Å². The van der Waals surface area contributed by atoms with Gasteiger partial charge in [0, 0.05) is 24.0 Å². The maximum atomic E-state index is 12.1. The smallest absolute Gasteiger partial charge is 0.254 e. The van der Waals surface area contributed by atoms with Crippen LogP contribution in [0, 0.1) is 20.8 Å². The molecule has 0 atom stereocenters. The molecule has 2 aromatic heterocycles. The third-order valence-corrected chi connectivity index (χ3v) is 4.41. The molecule has 26 heavy (non-hydrogen) atoms. The van der Waals surface area contributed by atoms with E-state index in [1.165, 1.54) is 0 Å². The first-order valence-corrected chi connectivity index (χ1v) is 8.71. The SMILES string of the molecule is Cc1nc(CC(=O)NCCCn2nc(C)c3ccccc32)c(C)c(=O)[nH]1. The summed E-state index contributed by atoms with van der Waals surface area (Å²) >= 11 is 0. The molecule has 0 bridgehead atoms. The first-order valence-electron chi connectivity index (χ1n) is 8.71. The lowest BCUT2D eigenvalue weighted by Gasteiger charge is -2.08. The van der Waals surface area contributed by atoms with E-state index in [0.29, 0.717) is 23.6 Å². The van der Waals surface area contributed by atoms with Gasteiger partial charge in [-0.15, -0.1) is 0 Å². The van der Waals surface area contributed by atoms with Crippen LogP contribution in [-0.4, -0.2) is 32.2 Å². The van der Waals surface area contributed by atoms with Crippen molar-refractivity contribution in [2.75, 3.05) is 6.54 Å². The van der Waals surface area contributed by atoms with Gasteiger partial charge >= 0.3 is 0 Å². The molecular formula is C19H23N5O2. The minimum atomic E-state index is -0.193. The van der Waals surface area contributed by atoms with Crippen molar-refractivity contribution in [3.8, 4) is 0 Å². The van der Waals surface area contributed by atoms with Crippen molar-refractivity contribution >= 4 is 16.8 Å². The molecule has 0 fully saturated rings. The Morgan fingerprint density at radius 2 is 2.00 bits per heavy atom. The van der Waals surface area contributed by atoms with Crippen LogP contribution < -0.4 is 10.9 Å². The molecule has 136 valence electrons. The van der Waals surface area contributed by atoms with Gasteiger partial charge in [-0.2, -0.15) is 5.10 Å². The number of para-hydroxylation sites is 1. The molecule has 1 aromatic carbocycles. The first-order chi connectivity index (χ1) is 12.5. The molecule has 0 aliphatic carbocycles. The lowest BCUT2D eigenvalue weighted by Crippen LogP contribution is -2.29. The highest BCUT2D eigenvalue weighted by molar-refractivity contribution is 5.81. The third-order valence-electron chi connectivity index (χ3n) is 4.41. The van der Waals surface area contributed by atoms with Gasteiger partial charge in [0.05, 0.1) is 23.3 Å². The van der Waals surface area contributed by atoms with Crippen LogP contribution in [0.4, 0.5) is 0 Å². The maximum Gasteiger partial charge on any atom is 0.254 e. The molecule has 0 radical (unpaired) electrons. The number of nitrogens with one attached hydrogen (secondary N) is 2. The standard InChI is InChI=1S/C19H23N5O2/c1-12-16(21-14(3)22-19(12)26)11-18(25)20-9-6-10-24-17-8-5-4-7-15(17)13(2)23-24/h4-5,7-8H,6,9-11H2,1-3H3,(H,20,25)(H,21,22,26). The number of hydrogen-bond donors (Lipinski definition) is 2. The fraction of sp³-hybridized carbons (Fsp3) is 0.368. The largest absolute Gasteiger partial charge is 0.356 e. The van der Waals surface area contributed by atoms with Crippen molar-refractivity contribution in [2.24, 2.45) is 0 Å². The Hall–Kier alpha value is -2.96. The third kappa shape index (κ3) is 3.82. The monoisotopic (exact) mass is 353 g/mol. The van der Waals surface area contributed by atoms with Crippen molar-refractivity contribution in [1.82, 2.24) is 25.1 Å². The van der Waals surface area contributed by atoms with Gasteiger partial charge in [-0.05, 0) is 33.3 Å². The van der Waals surface area contributed by atoms with Gasteiger partial charge < -0.3 is 10.3 Å². The maximum absolute atomic E-state index is 12.1. The quantitative estimate of drug-likeness (QED) is 0.661. The van der Waals surface area contributed by atoms with Crippen molar-refractivity contribution in [3.63, 3.8) is 0 Å². The van der Waals surface area contributed by atoms with Crippen LogP contribution in [0.3, 0.4) is 0 Å². The summed E-state index contributed by atoms with van der Waals surface area (Å²) in [6.07, 6.45) is 0.887. The molecule has 0 aliphatic rings. The number of nitrogens with zero attached hydrogens (tertiary/aromatic N) is 3. The van der Waals surface area contributed by atoms with Crippen molar-refractivity contribution < 1.29 is 4.79 Å². The molecule has 0 aliphatic heterocycles.